The van der Waals surface area contributed by atoms with Crippen molar-refractivity contribution in [1.82, 2.24) is 20.0 Å². The summed E-state index contributed by atoms with van der Waals surface area (Å²) >= 11 is 0. The third kappa shape index (κ3) is 6.27. The molecule has 2 N–H and O–H groups in total. The van der Waals surface area contributed by atoms with Crippen molar-refractivity contribution in [3.8, 4) is 0 Å². The van der Waals surface area contributed by atoms with Gasteiger partial charge in [-0.05, 0) is 23.6 Å². The summed E-state index contributed by atoms with van der Waals surface area (Å²) in [5.41, 5.74) is 4.67. The van der Waals surface area contributed by atoms with Crippen LogP contribution >= 0.6 is 0 Å². The lowest BCUT2D eigenvalue weighted by molar-refractivity contribution is 0.211. The molecule has 0 bridgehead atoms. The van der Waals surface area contributed by atoms with Crippen molar-refractivity contribution in [2.75, 3.05) is 39.7 Å². The van der Waals surface area contributed by atoms with Gasteiger partial charge in [0.25, 0.3) is 0 Å². The zero-order valence-corrected chi connectivity index (χ0v) is 18.0. The van der Waals surface area contributed by atoms with Crippen molar-refractivity contribution in [2.24, 2.45) is 12.0 Å². The molecule has 154 valence electrons. The molecule has 0 spiro atoms. The second-order valence-electron chi connectivity index (χ2n) is 7.24. The molecule has 7 heteroatoms. The molecule has 0 radical (unpaired) electrons. The first kappa shape index (κ1) is 21.8. The maximum Gasteiger partial charge on any atom is 0.193 e. The summed E-state index contributed by atoms with van der Waals surface area (Å²) in [6.45, 7) is 7.34. The molecule has 0 unspecified atom stereocenters. The predicted octanol–water partition coefficient (Wildman–Crippen LogP) is 2.81. The number of benzene rings is 1. The van der Waals surface area contributed by atoms with Gasteiger partial charge in [-0.2, -0.15) is 5.10 Å². The molecule has 0 atom stereocenters. The van der Waals surface area contributed by atoms with Crippen molar-refractivity contribution in [1.29, 1.82) is 0 Å². The van der Waals surface area contributed by atoms with Crippen LogP contribution in [0.15, 0.2) is 35.5 Å². The number of guanidine groups is 1. The lowest BCUT2D eigenvalue weighted by Crippen LogP contribution is -2.38. The van der Waals surface area contributed by atoms with Crippen LogP contribution < -0.4 is 10.6 Å². The van der Waals surface area contributed by atoms with Crippen molar-refractivity contribution in [2.45, 2.75) is 32.9 Å². The lowest BCUT2D eigenvalue weighted by Gasteiger charge is -2.22. The molecular formula is C21H34N6O. The average Bonchev–Trinajstić information content (AvgIpc) is 3.04. The smallest absolute Gasteiger partial charge is 0.193 e. The second kappa shape index (κ2) is 10.7. The topological polar surface area (TPSA) is 66.7 Å². The van der Waals surface area contributed by atoms with E-state index in [0.717, 1.165) is 37.0 Å². The van der Waals surface area contributed by atoms with Gasteiger partial charge in [0.05, 0.1) is 12.3 Å². The number of ether oxygens (including phenoxy) is 1. The van der Waals surface area contributed by atoms with Crippen LogP contribution in [0.1, 0.15) is 36.6 Å². The highest BCUT2D eigenvalue weighted by Crippen LogP contribution is 2.18. The number of methoxy groups -OCH3 is 1. The van der Waals surface area contributed by atoms with Crippen LogP contribution in [0.25, 0.3) is 0 Å². The van der Waals surface area contributed by atoms with Crippen molar-refractivity contribution >= 4 is 11.6 Å². The zero-order valence-electron chi connectivity index (χ0n) is 18.0. The Morgan fingerprint density at radius 3 is 2.61 bits per heavy atom. The number of rotatable bonds is 9. The fraction of sp³-hybridized carbons (Fsp3) is 0.524. The van der Waals surface area contributed by atoms with E-state index >= 15 is 0 Å². The van der Waals surface area contributed by atoms with Crippen molar-refractivity contribution in [3.63, 3.8) is 0 Å². The van der Waals surface area contributed by atoms with Crippen LogP contribution in [0.5, 0.6) is 0 Å². The van der Waals surface area contributed by atoms with Gasteiger partial charge in [0.2, 0.25) is 0 Å². The van der Waals surface area contributed by atoms with E-state index in [4.69, 9.17) is 4.74 Å². The van der Waals surface area contributed by atoms with Crippen LogP contribution in [0.3, 0.4) is 0 Å². The third-order valence-corrected chi connectivity index (χ3v) is 4.50. The van der Waals surface area contributed by atoms with Gasteiger partial charge in [0, 0.05) is 65.3 Å². The summed E-state index contributed by atoms with van der Waals surface area (Å²) in [6.07, 6.45) is 2.09. The van der Waals surface area contributed by atoms with Gasteiger partial charge in [-0.25, -0.2) is 0 Å². The number of hydrogen-bond acceptors (Lipinski definition) is 4. The normalized spacial score (nSPS) is 11.8. The van der Waals surface area contributed by atoms with E-state index in [0.29, 0.717) is 12.5 Å². The highest BCUT2D eigenvalue weighted by Gasteiger charge is 2.15. The molecule has 2 aromatic rings. The van der Waals surface area contributed by atoms with Gasteiger partial charge in [-0.15, -0.1) is 0 Å². The van der Waals surface area contributed by atoms with Gasteiger partial charge < -0.3 is 20.3 Å². The second-order valence-corrected chi connectivity index (χ2v) is 7.24. The minimum Gasteiger partial charge on any atom is -0.383 e. The fourth-order valence-corrected chi connectivity index (χ4v) is 3.10. The standard InChI is InChI=1S/C21H34N6O/c1-16(2)20-18(15-27(5)25-20)14-26(4)21(22-3)24-13-17-7-9-19(10-8-17)23-11-12-28-6/h7-10,15-16,23H,11-14H2,1-6H3,(H,22,24). The Labute approximate surface area is 168 Å². The Bertz CT molecular complexity index is 751. The van der Waals surface area contributed by atoms with E-state index in [1.54, 1.807) is 7.11 Å². The van der Waals surface area contributed by atoms with Gasteiger partial charge in [0.15, 0.2) is 5.96 Å². The Kier molecular flexibility index (Phi) is 8.32. The highest BCUT2D eigenvalue weighted by molar-refractivity contribution is 5.79. The molecule has 0 aliphatic rings. The van der Waals surface area contributed by atoms with Gasteiger partial charge in [-0.3, -0.25) is 9.67 Å². The summed E-state index contributed by atoms with van der Waals surface area (Å²) in [4.78, 5) is 6.55. The first-order valence-electron chi connectivity index (χ1n) is 9.70. The maximum atomic E-state index is 5.06. The van der Waals surface area contributed by atoms with Crippen LogP contribution in [0.2, 0.25) is 0 Å². The third-order valence-electron chi connectivity index (χ3n) is 4.50. The summed E-state index contributed by atoms with van der Waals surface area (Å²) in [6, 6.07) is 8.41. The number of nitrogens with one attached hydrogen (secondary N) is 2. The van der Waals surface area contributed by atoms with Gasteiger partial charge in [0.1, 0.15) is 0 Å². The molecule has 0 aliphatic carbocycles. The molecule has 1 aromatic carbocycles. The zero-order chi connectivity index (χ0) is 20.5. The van der Waals surface area contributed by atoms with Crippen molar-refractivity contribution < 1.29 is 4.74 Å². The van der Waals surface area contributed by atoms with Crippen LogP contribution in [-0.4, -0.2) is 55.0 Å². The molecular weight excluding hydrogens is 352 g/mol. The summed E-state index contributed by atoms with van der Waals surface area (Å²) in [5, 5.41) is 11.4. The Hall–Kier alpha value is -2.54. The number of nitrogens with zero attached hydrogens (tertiary/aromatic N) is 4. The number of anilines is 1. The lowest BCUT2D eigenvalue weighted by atomic mass is 10.1. The first-order valence-corrected chi connectivity index (χ1v) is 9.70. The SMILES string of the molecule is CN=C(NCc1ccc(NCCOC)cc1)N(C)Cc1cn(C)nc1C(C)C. The fourth-order valence-electron chi connectivity index (χ4n) is 3.10. The number of aromatic nitrogens is 2. The van der Waals surface area contributed by atoms with Crippen molar-refractivity contribution in [3.05, 3.63) is 47.3 Å². The molecule has 1 heterocycles. The van der Waals surface area contributed by atoms with E-state index in [2.05, 4.69) is 77.0 Å². The Morgan fingerprint density at radius 2 is 2.00 bits per heavy atom. The number of hydrogen-bond donors (Lipinski definition) is 2. The largest absolute Gasteiger partial charge is 0.383 e. The quantitative estimate of drug-likeness (QED) is 0.394. The number of aliphatic imine (C=N–C) groups is 1. The van der Waals surface area contributed by atoms with Gasteiger partial charge >= 0.3 is 0 Å². The average molecular weight is 387 g/mol. The van der Waals surface area contributed by atoms with Crippen LogP contribution in [0.4, 0.5) is 5.69 Å². The maximum absolute atomic E-state index is 5.06. The van der Waals surface area contributed by atoms with Crippen LogP contribution in [0, 0.1) is 0 Å². The summed E-state index contributed by atoms with van der Waals surface area (Å²) in [7, 11) is 7.54. The summed E-state index contributed by atoms with van der Waals surface area (Å²) < 4.78 is 6.94. The van der Waals surface area contributed by atoms with E-state index < -0.39 is 0 Å². The van der Waals surface area contributed by atoms with Crippen LogP contribution in [-0.2, 0) is 24.9 Å². The molecule has 0 saturated heterocycles. The highest BCUT2D eigenvalue weighted by atomic mass is 16.5. The van der Waals surface area contributed by atoms with E-state index in [1.165, 1.54) is 11.1 Å². The minimum absolute atomic E-state index is 0.399. The van der Waals surface area contributed by atoms with E-state index in [-0.39, 0.29) is 0 Å². The molecule has 7 nitrogen and oxygen atoms in total. The summed E-state index contributed by atoms with van der Waals surface area (Å²) in [5.74, 6) is 1.26. The molecule has 0 amide bonds. The monoisotopic (exact) mass is 386 g/mol. The molecule has 0 fully saturated rings. The Morgan fingerprint density at radius 1 is 1.29 bits per heavy atom. The van der Waals surface area contributed by atoms with Gasteiger partial charge in [-0.1, -0.05) is 26.0 Å². The van der Waals surface area contributed by atoms with E-state index in [9.17, 15) is 0 Å². The molecule has 2 rings (SSSR count). The molecule has 28 heavy (non-hydrogen) atoms. The predicted molar refractivity (Wildman–Crippen MR) is 116 cm³/mol. The first-order chi connectivity index (χ1) is 13.4. The number of aryl methyl sites for hydroxylation is 1. The Balaban J connectivity index is 1.91. The minimum atomic E-state index is 0.399. The molecule has 1 aromatic heterocycles. The van der Waals surface area contributed by atoms with E-state index in [1.807, 2.05) is 18.8 Å². The molecule has 0 saturated carbocycles. The molecule has 0 aliphatic heterocycles.